The Labute approximate surface area is 120 Å². The van der Waals surface area contributed by atoms with Gasteiger partial charge in [-0.15, -0.1) is 0 Å². The maximum Gasteiger partial charge on any atom is 0.339 e. The van der Waals surface area contributed by atoms with E-state index in [9.17, 15) is 9.59 Å². The first-order valence-corrected chi connectivity index (χ1v) is 6.69. The van der Waals surface area contributed by atoms with E-state index in [0.29, 0.717) is 0 Å². The molecule has 112 valence electrons. The first-order chi connectivity index (χ1) is 9.11. The molecule has 0 radical (unpaired) electrons. The van der Waals surface area contributed by atoms with Gasteiger partial charge in [0.2, 0.25) is 0 Å². The average molecular weight is 280 g/mol. The SMILES string of the molecule is CC.Cc1cc(C(=O)O)c(C(=O)OC(C)(C)C)cc1C. The molecule has 1 aromatic rings. The molecule has 4 nitrogen and oxygen atoms in total. The number of aryl methyl sites for hydroxylation is 2. The molecule has 0 heterocycles. The first kappa shape index (κ1) is 18.2. The number of carbonyl (C=O) groups excluding carboxylic acids is 1. The number of hydrogen-bond acceptors (Lipinski definition) is 3. The van der Waals surface area contributed by atoms with Crippen molar-refractivity contribution >= 4 is 11.9 Å². The van der Waals surface area contributed by atoms with Crippen LogP contribution in [0, 0.1) is 13.8 Å². The Kier molecular flexibility index (Phi) is 6.43. The molecule has 1 rings (SSSR count). The lowest BCUT2D eigenvalue weighted by atomic mass is 10.00. The van der Waals surface area contributed by atoms with Gasteiger partial charge in [-0.1, -0.05) is 13.8 Å². The number of hydrogen-bond donors (Lipinski definition) is 1. The number of aromatic carboxylic acids is 1. The minimum absolute atomic E-state index is 0.0210. The van der Waals surface area contributed by atoms with Crippen LogP contribution < -0.4 is 0 Å². The molecule has 4 heteroatoms. The summed E-state index contributed by atoms with van der Waals surface area (Å²) in [6.07, 6.45) is 0. The lowest BCUT2D eigenvalue weighted by Crippen LogP contribution is -2.25. The van der Waals surface area contributed by atoms with Crippen LogP contribution >= 0.6 is 0 Å². The highest BCUT2D eigenvalue weighted by Crippen LogP contribution is 2.20. The smallest absolute Gasteiger partial charge is 0.339 e. The van der Waals surface area contributed by atoms with Crippen molar-refractivity contribution in [3.63, 3.8) is 0 Å². The van der Waals surface area contributed by atoms with Gasteiger partial charge in [0.1, 0.15) is 5.60 Å². The summed E-state index contributed by atoms with van der Waals surface area (Å²) in [5.74, 6) is -1.73. The Hall–Kier alpha value is -1.84. The minimum Gasteiger partial charge on any atom is -0.478 e. The molecule has 0 saturated heterocycles. The molecule has 0 fully saturated rings. The number of rotatable bonds is 2. The molecule has 0 aliphatic rings. The maximum atomic E-state index is 12.0. The van der Waals surface area contributed by atoms with Crippen molar-refractivity contribution in [3.05, 3.63) is 34.4 Å². The van der Waals surface area contributed by atoms with Crippen LogP contribution in [0.1, 0.15) is 66.5 Å². The van der Waals surface area contributed by atoms with E-state index in [2.05, 4.69) is 0 Å². The van der Waals surface area contributed by atoms with Crippen LogP contribution in [0.15, 0.2) is 12.1 Å². The summed E-state index contributed by atoms with van der Waals surface area (Å²) in [4.78, 5) is 23.1. The second-order valence-electron chi connectivity index (χ2n) is 5.29. The van der Waals surface area contributed by atoms with Gasteiger partial charge >= 0.3 is 11.9 Å². The predicted molar refractivity (Wildman–Crippen MR) is 79.4 cm³/mol. The lowest BCUT2D eigenvalue weighted by Gasteiger charge is -2.20. The summed E-state index contributed by atoms with van der Waals surface area (Å²) in [6, 6.07) is 3.06. The Balaban J connectivity index is 0.00000172. The van der Waals surface area contributed by atoms with Gasteiger partial charge in [0, 0.05) is 0 Å². The van der Waals surface area contributed by atoms with E-state index in [1.165, 1.54) is 6.07 Å². The largest absolute Gasteiger partial charge is 0.478 e. The van der Waals surface area contributed by atoms with Crippen LogP contribution in [0.3, 0.4) is 0 Å². The van der Waals surface area contributed by atoms with Crippen molar-refractivity contribution in [2.75, 3.05) is 0 Å². The maximum absolute atomic E-state index is 12.0. The van der Waals surface area contributed by atoms with E-state index in [1.807, 2.05) is 20.8 Å². The molecule has 20 heavy (non-hydrogen) atoms. The predicted octanol–water partition coefficient (Wildman–Crippen LogP) is 3.98. The van der Waals surface area contributed by atoms with Gasteiger partial charge in [-0.25, -0.2) is 9.59 Å². The minimum atomic E-state index is -1.13. The third-order valence-electron chi connectivity index (χ3n) is 2.48. The molecule has 0 aromatic heterocycles. The third kappa shape index (κ3) is 5.03. The molecular weight excluding hydrogens is 256 g/mol. The summed E-state index contributed by atoms with van der Waals surface area (Å²) in [5.41, 5.74) is 1.12. The Bertz CT molecular complexity index is 496. The molecule has 0 aliphatic carbocycles. The molecule has 1 aromatic carbocycles. The highest BCUT2D eigenvalue weighted by Gasteiger charge is 2.23. The highest BCUT2D eigenvalue weighted by atomic mass is 16.6. The summed E-state index contributed by atoms with van der Waals surface area (Å²) in [5, 5.41) is 9.12. The van der Waals surface area contributed by atoms with Crippen LogP contribution in [0.5, 0.6) is 0 Å². The zero-order valence-electron chi connectivity index (χ0n) is 13.3. The Morgan fingerprint density at radius 2 is 1.40 bits per heavy atom. The van der Waals surface area contributed by atoms with Crippen LogP contribution in [0.4, 0.5) is 0 Å². The summed E-state index contributed by atoms with van der Waals surface area (Å²) < 4.78 is 5.21. The van der Waals surface area contributed by atoms with E-state index >= 15 is 0 Å². The summed E-state index contributed by atoms with van der Waals surface area (Å²) in [6.45, 7) is 12.9. The molecule has 0 aliphatic heterocycles. The van der Waals surface area contributed by atoms with Gasteiger partial charge in [-0.2, -0.15) is 0 Å². The number of carboxylic acid groups (broad SMARTS) is 1. The normalized spacial score (nSPS) is 10.3. The van der Waals surface area contributed by atoms with Gasteiger partial charge < -0.3 is 9.84 Å². The molecule has 0 unspecified atom stereocenters. The van der Waals surface area contributed by atoms with E-state index < -0.39 is 17.5 Å². The number of benzene rings is 1. The number of esters is 1. The molecule has 0 bridgehead atoms. The number of ether oxygens (including phenoxy) is 1. The Morgan fingerprint density at radius 3 is 1.75 bits per heavy atom. The number of carboxylic acids is 1. The van der Waals surface area contributed by atoms with Crippen molar-refractivity contribution in [2.45, 2.75) is 54.1 Å². The fraction of sp³-hybridized carbons (Fsp3) is 0.500. The van der Waals surface area contributed by atoms with Gasteiger partial charge in [0.25, 0.3) is 0 Å². The first-order valence-electron chi connectivity index (χ1n) is 6.69. The van der Waals surface area contributed by atoms with Gasteiger partial charge in [-0.3, -0.25) is 0 Å². The van der Waals surface area contributed by atoms with Gasteiger partial charge in [0.05, 0.1) is 11.1 Å². The highest BCUT2D eigenvalue weighted by molar-refractivity contribution is 6.02. The van der Waals surface area contributed by atoms with Crippen molar-refractivity contribution in [1.82, 2.24) is 0 Å². The van der Waals surface area contributed by atoms with Crippen LogP contribution in [-0.4, -0.2) is 22.6 Å². The van der Waals surface area contributed by atoms with Gasteiger partial charge in [-0.05, 0) is 57.9 Å². The molecule has 0 saturated carbocycles. The zero-order chi connectivity index (χ0) is 16.1. The average Bonchev–Trinajstić information content (AvgIpc) is 2.32. The van der Waals surface area contributed by atoms with E-state index in [4.69, 9.17) is 9.84 Å². The standard InChI is InChI=1S/C14H18O4.C2H6/c1-8-6-10(12(15)16)11(7-9(8)2)13(17)18-14(3,4)5;1-2/h6-7H,1-5H3,(H,15,16);1-2H3. The fourth-order valence-electron chi connectivity index (χ4n) is 1.50. The van der Waals surface area contributed by atoms with E-state index in [0.717, 1.165) is 11.1 Å². The molecule has 0 amide bonds. The third-order valence-corrected chi connectivity index (χ3v) is 2.48. The Morgan fingerprint density at radius 1 is 1.00 bits per heavy atom. The van der Waals surface area contributed by atoms with Gasteiger partial charge in [0.15, 0.2) is 0 Å². The van der Waals surface area contributed by atoms with Crippen molar-refractivity contribution in [3.8, 4) is 0 Å². The molecule has 1 N–H and O–H groups in total. The topological polar surface area (TPSA) is 63.6 Å². The monoisotopic (exact) mass is 280 g/mol. The van der Waals surface area contributed by atoms with E-state index in [1.54, 1.807) is 33.8 Å². The van der Waals surface area contributed by atoms with Crippen molar-refractivity contribution in [2.24, 2.45) is 0 Å². The number of carbonyl (C=O) groups is 2. The molecular formula is C16H24O4. The van der Waals surface area contributed by atoms with Crippen LogP contribution in [0.25, 0.3) is 0 Å². The quantitative estimate of drug-likeness (QED) is 0.832. The van der Waals surface area contributed by atoms with E-state index in [-0.39, 0.29) is 11.1 Å². The van der Waals surface area contributed by atoms with Crippen molar-refractivity contribution < 1.29 is 19.4 Å². The molecule has 0 spiro atoms. The summed E-state index contributed by atoms with van der Waals surface area (Å²) in [7, 11) is 0. The van der Waals surface area contributed by atoms with Crippen molar-refractivity contribution in [1.29, 1.82) is 0 Å². The second-order valence-corrected chi connectivity index (χ2v) is 5.29. The van der Waals surface area contributed by atoms with Crippen LogP contribution in [-0.2, 0) is 4.74 Å². The lowest BCUT2D eigenvalue weighted by molar-refractivity contribution is 0.00657. The zero-order valence-corrected chi connectivity index (χ0v) is 13.3. The fourth-order valence-corrected chi connectivity index (χ4v) is 1.50. The van der Waals surface area contributed by atoms with Crippen LogP contribution in [0.2, 0.25) is 0 Å². The molecule has 0 atom stereocenters. The summed E-state index contributed by atoms with van der Waals surface area (Å²) >= 11 is 0. The second kappa shape index (κ2) is 7.08.